The van der Waals surface area contributed by atoms with E-state index < -0.39 is 17.5 Å². The molecule has 5 nitrogen and oxygen atoms in total. The number of amides is 1. The third-order valence-corrected chi connectivity index (χ3v) is 4.00. The third-order valence-electron chi connectivity index (χ3n) is 4.00. The van der Waals surface area contributed by atoms with Crippen LogP contribution in [0.4, 0.5) is 8.78 Å². The minimum Gasteiger partial charge on any atom is -0.352 e. The molecule has 0 spiro atoms. The second-order valence-corrected chi connectivity index (χ2v) is 5.63. The van der Waals surface area contributed by atoms with Crippen molar-refractivity contribution in [2.24, 2.45) is 0 Å². The Hall–Kier alpha value is -2.31. The summed E-state index contributed by atoms with van der Waals surface area (Å²) in [5.41, 5.74) is 0.101. The van der Waals surface area contributed by atoms with Crippen LogP contribution in [0.1, 0.15) is 41.3 Å². The second kappa shape index (κ2) is 6.85. The van der Waals surface area contributed by atoms with Gasteiger partial charge in [0.1, 0.15) is 11.6 Å². The molecule has 0 fully saturated rings. The van der Waals surface area contributed by atoms with Crippen LogP contribution in [0.3, 0.4) is 0 Å². The predicted octanol–water partition coefficient (Wildman–Crippen LogP) is 2.26. The van der Waals surface area contributed by atoms with Crippen LogP contribution in [0.2, 0.25) is 0 Å². The van der Waals surface area contributed by atoms with E-state index in [2.05, 4.69) is 20.1 Å². The first-order valence-electron chi connectivity index (χ1n) is 7.79. The van der Waals surface area contributed by atoms with Crippen LogP contribution >= 0.6 is 0 Å². The van der Waals surface area contributed by atoms with Gasteiger partial charge in [0.15, 0.2) is 11.6 Å². The Labute approximate surface area is 132 Å². The first-order valence-corrected chi connectivity index (χ1v) is 7.79. The minimum absolute atomic E-state index is 0.101. The van der Waals surface area contributed by atoms with Crippen molar-refractivity contribution in [3.63, 3.8) is 0 Å². The maximum atomic E-state index is 13.1. The number of aromatic nitrogens is 3. The molecule has 1 aromatic heterocycles. The molecule has 3 rings (SSSR count). The van der Waals surface area contributed by atoms with Crippen LogP contribution in [0.25, 0.3) is 0 Å². The highest BCUT2D eigenvalue weighted by molar-refractivity contribution is 5.94. The molecule has 1 aliphatic rings. The summed E-state index contributed by atoms with van der Waals surface area (Å²) in [7, 11) is 0. The van der Waals surface area contributed by atoms with Crippen molar-refractivity contribution in [2.45, 2.75) is 38.6 Å². The molecule has 1 amide bonds. The lowest BCUT2D eigenvalue weighted by molar-refractivity contribution is 0.0953. The second-order valence-electron chi connectivity index (χ2n) is 5.63. The first-order chi connectivity index (χ1) is 11.1. The molecule has 0 saturated heterocycles. The van der Waals surface area contributed by atoms with Gasteiger partial charge >= 0.3 is 0 Å². The smallest absolute Gasteiger partial charge is 0.251 e. The predicted molar refractivity (Wildman–Crippen MR) is 80.0 cm³/mol. The van der Waals surface area contributed by atoms with E-state index in [0.717, 1.165) is 49.6 Å². The van der Waals surface area contributed by atoms with Crippen LogP contribution in [0.5, 0.6) is 0 Å². The van der Waals surface area contributed by atoms with Gasteiger partial charge in [-0.1, -0.05) is 6.42 Å². The van der Waals surface area contributed by atoms with E-state index in [0.29, 0.717) is 13.0 Å². The van der Waals surface area contributed by atoms with Gasteiger partial charge in [-0.15, -0.1) is 10.2 Å². The van der Waals surface area contributed by atoms with Crippen LogP contribution in [-0.4, -0.2) is 27.2 Å². The van der Waals surface area contributed by atoms with E-state index in [1.807, 2.05) is 0 Å². The van der Waals surface area contributed by atoms with Crippen LogP contribution in [-0.2, 0) is 19.4 Å². The number of nitrogens with one attached hydrogen (secondary N) is 1. The number of hydrogen-bond donors (Lipinski definition) is 1. The van der Waals surface area contributed by atoms with Crippen LogP contribution < -0.4 is 5.32 Å². The highest BCUT2D eigenvalue weighted by Crippen LogP contribution is 2.14. The topological polar surface area (TPSA) is 59.8 Å². The SMILES string of the molecule is O=C(NCCc1nnc2n1CCCCC2)c1ccc(F)c(F)c1. The summed E-state index contributed by atoms with van der Waals surface area (Å²) in [5, 5.41) is 11.1. The van der Waals surface area contributed by atoms with Gasteiger partial charge in [-0.3, -0.25) is 4.79 Å². The lowest BCUT2D eigenvalue weighted by Gasteiger charge is -2.08. The molecular weight excluding hydrogens is 302 g/mol. The van der Waals surface area contributed by atoms with Crippen LogP contribution in [0.15, 0.2) is 18.2 Å². The standard InChI is InChI=1S/C16H18F2N4O/c17-12-6-5-11(10-13(12)18)16(23)19-8-7-15-21-20-14-4-2-1-3-9-22(14)15/h5-6,10H,1-4,7-9H2,(H,19,23). The Bertz CT molecular complexity index is 714. The molecule has 0 unspecified atom stereocenters. The molecule has 1 N–H and O–H groups in total. The zero-order valence-corrected chi connectivity index (χ0v) is 12.7. The quantitative estimate of drug-likeness (QED) is 0.940. The fraction of sp³-hybridized carbons (Fsp3) is 0.438. The number of fused-ring (bicyclic) bond motifs is 1. The molecular formula is C16H18F2N4O. The monoisotopic (exact) mass is 320 g/mol. The Morgan fingerprint density at radius 1 is 1.17 bits per heavy atom. The number of rotatable bonds is 4. The lowest BCUT2D eigenvalue weighted by atomic mass is 10.2. The van der Waals surface area contributed by atoms with E-state index >= 15 is 0 Å². The molecule has 0 aliphatic carbocycles. The van der Waals surface area contributed by atoms with E-state index in [1.165, 1.54) is 12.5 Å². The summed E-state index contributed by atoms with van der Waals surface area (Å²) in [6.07, 6.45) is 4.93. The molecule has 0 radical (unpaired) electrons. The maximum absolute atomic E-state index is 13.1. The van der Waals surface area contributed by atoms with Crippen molar-refractivity contribution in [2.75, 3.05) is 6.54 Å². The molecule has 1 aromatic carbocycles. The highest BCUT2D eigenvalue weighted by Gasteiger charge is 2.15. The zero-order chi connectivity index (χ0) is 16.2. The van der Waals surface area contributed by atoms with E-state index in [1.54, 1.807) is 0 Å². The Morgan fingerprint density at radius 3 is 2.87 bits per heavy atom. The average Bonchev–Trinajstić information content (AvgIpc) is 2.77. The van der Waals surface area contributed by atoms with Gasteiger partial charge in [-0.2, -0.15) is 0 Å². The molecule has 23 heavy (non-hydrogen) atoms. The lowest BCUT2D eigenvalue weighted by Crippen LogP contribution is -2.26. The van der Waals surface area contributed by atoms with Gasteiger partial charge in [0.2, 0.25) is 0 Å². The van der Waals surface area contributed by atoms with E-state index in [4.69, 9.17) is 0 Å². The average molecular weight is 320 g/mol. The summed E-state index contributed by atoms with van der Waals surface area (Å²) >= 11 is 0. The summed E-state index contributed by atoms with van der Waals surface area (Å²) in [5.74, 6) is -0.565. The zero-order valence-electron chi connectivity index (χ0n) is 12.7. The van der Waals surface area contributed by atoms with E-state index in [9.17, 15) is 13.6 Å². The van der Waals surface area contributed by atoms with Gasteiger partial charge in [0.25, 0.3) is 5.91 Å². The third kappa shape index (κ3) is 3.55. The summed E-state index contributed by atoms with van der Waals surface area (Å²) in [6, 6.07) is 3.10. The van der Waals surface area contributed by atoms with Crippen molar-refractivity contribution in [1.29, 1.82) is 0 Å². The Morgan fingerprint density at radius 2 is 2.04 bits per heavy atom. The number of halogens is 2. The number of carbonyl (C=O) groups excluding carboxylic acids is 1. The maximum Gasteiger partial charge on any atom is 0.251 e. The number of benzene rings is 1. The first kappa shape index (κ1) is 15.6. The fourth-order valence-electron chi connectivity index (χ4n) is 2.76. The van der Waals surface area contributed by atoms with E-state index in [-0.39, 0.29) is 5.56 Å². The Kier molecular flexibility index (Phi) is 4.64. The Balaban J connectivity index is 1.58. The van der Waals surface area contributed by atoms with Crippen molar-refractivity contribution < 1.29 is 13.6 Å². The number of carbonyl (C=O) groups is 1. The van der Waals surface area contributed by atoms with Gasteiger partial charge in [0, 0.05) is 31.5 Å². The number of nitrogens with zero attached hydrogens (tertiary/aromatic N) is 3. The molecule has 0 bridgehead atoms. The van der Waals surface area contributed by atoms with Gasteiger partial charge in [-0.05, 0) is 31.0 Å². The fourth-order valence-corrected chi connectivity index (χ4v) is 2.76. The summed E-state index contributed by atoms with van der Waals surface area (Å²) in [4.78, 5) is 11.9. The summed E-state index contributed by atoms with van der Waals surface area (Å²) < 4.78 is 28.1. The van der Waals surface area contributed by atoms with Gasteiger partial charge < -0.3 is 9.88 Å². The molecule has 1 aliphatic heterocycles. The molecule has 0 atom stereocenters. The number of aryl methyl sites for hydroxylation is 1. The normalized spacial score (nSPS) is 14.2. The van der Waals surface area contributed by atoms with Gasteiger partial charge in [0.05, 0.1) is 0 Å². The van der Waals surface area contributed by atoms with Crippen molar-refractivity contribution in [3.8, 4) is 0 Å². The molecule has 2 aromatic rings. The molecule has 7 heteroatoms. The number of hydrogen-bond acceptors (Lipinski definition) is 3. The molecule has 0 saturated carbocycles. The van der Waals surface area contributed by atoms with Gasteiger partial charge in [-0.25, -0.2) is 8.78 Å². The van der Waals surface area contributed by atoms with Crippen molar-refractivity contribution >= 4 is 5.91 Å². The largest absolute Gasteiger partial charge is 0.352 e. The molecule has 2 heterocycles. The van der Waals surface area contributed by atoms with Crippen molar-refractivity contribution in [3.05, 3.63) is 47.0 Å². The minimum atomic E-state index is -1.03. The summed E-state index contributed by atoms with van der Waals surface area (Å²) in [6.45, 7) is 1.28. The molecule has 122 valence electrons. The van der Waals surface area contributed by atoms with Crippen molar-refractivity contribution in [1.82, 2.24) is 20.1 Å². The highest BCUT2D eigenvalue weighted by atomic mass is 19.2. The van der Waals surface area contributed by atoms with Crippen LogP contribution in [0, 0.1) is 11.6 Å².